The maximum absolute atomic E-state index is 12.3. The van der Waals surface area contributed by atoms with E-state index >= 15 is 0 Å². The van der Waals surface area contributed by atoms with Gasteiger partial charge >= 0.3 is 11.6 Å². The molecule has 0 saturated carbocycles. The molecule has 0 saturated heterocycles. The second-order valence-corrected chi connectivity index (χ2v) is 6.50. The summed E-state index contributed by atoms with van der Waals surface area (Å²) in [7, 11) is 0. The summed E-state index contributed by atoms with van der Waals surface area (Å²) in [6.07, 6.45) is 0.722. The number of carboxylic acid groups (broad SMARTS) is 1. The summed E-state index contributed by atoms with van der Waals surface area (Å²) < 4.78 is 11.4. The highest BCUT2D eigenvalue weighted by molar-refractivity contribution is 6.04. The van der Waals surface area contributed by atoms with E-state index < -0.39 is 11.6 Å². The van der Waals surface area contributed by atoms with Crippen LogP contribution in [0.4, 0.5) is 0 Å². The fourth-order valence-corrected chi connectivity index (χ4v) is 3.37. The third-order valence-electron chi connectivity index (χ3n) is 4.81. The lowest BCUT2D eigenvalue weighted by atomic mass is 10.0. The zero-order valence-electron chi connectivity index (χ0n) is 15.3. The summed E-state index contributed by atoms with van der Waals surface area (Å²) in [6, 6.07) is 17.8. The molecule has 140 valence electrons. The van der Waals surface area contributed by atoms with Gasteiger partial charge in [0.25, 0.3) is 0 Å². The summed E-state index contributed by atoms with van der Waals surface area (Å²) in [6.45, 7) is 2.12. The van der Waals surface area contributed by atoms with Crippen molar-refractivity contribution in [3.8, 4) is 5.75 Å². The van der Waals surface area contributed by atoms with Crippen LogP contribution in [-0.2, 0) is 13.0 Å². The Hall–Kier alpha value is -3.60. The number of hydrogen-bond donors (Lipinski definition) is 1. The summed E-state index contributed by atoms with van der Waals surface area (Å²) in [5.74, 6) is -0.417. The van der Waals surface area contributed by atoms with E-state index in [9.17, 15) is 14.7 Å². The number of aryl methyl sites for hydroxylation is 1. The highest BCUT2D eigenvalue weighted by Gasteiger charge is 2.14. The first-order valence-corrected chi connectivity index (χ1v) is 9.01. The largest absolute Gasteiger partial charge is 0.488 e. The predicted molar refractivity (Wildman–Crippen MR) is 107 cm³/mol. The van der Waals surface area contributed by atoms with Crippen molar-refractivity contribution in [3.05, 3.63) is 87.8 Å². The third kappa shape index (κ3) is 3.11. The van der Waals surface area contributed by atoms with Crippen LogP contribution in [-0.4, -0.2) is 11.1 Å². The molecule has 1 heterocycles. The number of benzene rings is 3. The number of carbonyl (C=O) groups is 1. The summed E-state index contributed by atoms with van der Waals surface area (Å²) in [4.78, 5) is 23.7. The van der Waals surface area contributed by atoms with E-state index in [-0.39, 0.29) is 12.2 Å². The smallest absolute Gasteiger partial charge is 0.344 e. The first kappa shape index (κ1) is 17.8. The van der Waals surface area contributed by atoms with Crippen molar-refractivity contribution >= 4 is 27.7 Å². The molecular formula is C23H18O5. The number of ether oxygens (including phenoxy) is 1. The molecule has 28 heavy (non-hydrogen) atoms. The number of rotatable bonds is 5. The van der Waals surface area contributed by atoms with Gasteiger partial charge in [0.2, 0.25) is 0 Å². The fourth-order valence-electron chi connectivity index (χ4n) is 3.37. The second kappa shape index (κ2) is 7.19. The van der Waals surface area contributed by atoms with Gasteiger partial charge in [-0.3, -0.25) is 0 Å². The van der Waals surface area contributed by atoms with Crippen LogP contribution in [0.2, 0.25) is 0 Å². The highest BCUT2D eigenvalue weighted by atomic mass is 16.5. The minimum Gasteiger partial charge on any atom is -0.488 e. The lowest BCUT2D eigenvalue weighted by Gasteiger charge is -2.13. The van der Waals surface area contributed by atoms with Gasteiger partial charge in [-0.2, -0.15) is 0 Å². The van der Waals surface area contributed by atoms with Crippen LogP contribution in [0.25, 0.3) is 21.7 Å². The molecule has 0 spiro atoms. The van der Waals surface area contributed by atoms with E-state index in [4.69, 9.17) is 9.15 Å². The first-order valence-electron chi connectivity index (χ1n) is 9.01. The number of carboxylic acids is 1. The molecule has 4 aromatic rings. The third-order valence-corrected chi connectivity index (χ3v) is 4.81. The molecule has 1 N–H and O–H groups in total. The average molecular weight is 374 g/mol. The Morgan fingerprint density at radius 2 is 1.68 bits per heavy atom. The molecule has 1 aromatic heterocycles. The van der Waals surface area contributed by atoms with Gasteiger partial charge in [-0.15, -0.1) is 0 Å². The quantitative estimate of drug-likeness (QED) is 0.402. The van der Waals surface area contributed by atoms with E-state index in [1.807, 2.05) is 31.2 Å². The van der Waals surface area contributed by atoms with Crippen LogP contribution in [0.15, 0.2) is 69.9 Å². The molecule has 0 aliphatic rings. The van der Waals surface area contributed by atoms with Crippen LogP contribution in [0.1, 0.15) is 28.4 Å². The van der Waals surface area contributed by atoms with Crippen molar-refractivity contribution in [2.75, 3.05) is 0 Å². The zero-order chi connectivity index (χ0) is 19.7. The van der Waals surface area contributed by atoms with Gasteiger partial charge in [-0.25, -0.2) is 9.59 Å². The maximum Gasteiger partial charge on any atom is 0.344 e. The summed E-state index contributed by atoms with van der Waals surface area (Å²) in [5.41, 5.74) is 1.80. The molecule has 0 fully saturated rings. The minimum atomic E-state index is -0.995. The van der Waals surface area contributed by atoms with Gasteiger partial charge in [-0.1, -0.05) is 43.3 Å². The van der Waals surface area contributed by atoms with E-state index in [0.717, 1.165) is 22.8 Å². The van der Waals surface area contributed by atoms with Gasteiger partial charge in [0, 0.05) is 17.0 Å². The predicted octanol–water partition coefficient (Wildman–Crippen LogP) is 4.79. The van der Waals surface area contributed by atoms with Gasteiger partial charge in [0.15, 0.2) is 0 Å². The van der Waals surface area contributed by atoms with Crippen LogP contribution in [0, 0.1) is 0 Å². The van der Waals surface area contributed by atoms with E-state index in [0.29, 0.717) is 22.3 Å². The number of hydrogen-bond acceptors (Lipinski definition) is 4. The normalized spacial score (nSPS) is 11.0. The second-order valence-electron chi connectivity index (χ2n) is 6.50. The highest BCUT2D eigenvalue weighted by Crippen LogP contribution is 2.31. The van der Waals surface area contributed by atoms with Crippen molar-refractivity contribution in [2.45, 2.75) is 20.0 Å². The number of aromatic carboxylic acids is 1. The molecule has 0 bridgehead atoms. The Balaban J connectivity index is 1.79. The van der Waals surface area contributed by atoms with Crippen LogP contribution in [0.3, 0.4) is 0 Å². The monoisotopic (exact) mass is 374 g/mol. The van der Waals surface area contributed by atoms with Gasteiger partial charge in [0.05, 0.1) is 10.9 Å². The molecule has 4 rings (SSSR count). The van der Waals surface area contributed by atoms with Crippen molar-refractivity contribution in [1.82, 2.24) is 0 Å². The molecule has 0 unspecified atom stereocenters. The summed E-state index contributed by atoms with van der Waals surface area (Å²) in [5, 5.41) is 11.6. The average Bonchev–Trinajstić information content (AvgIpc) is 2.72. The molecule has 0 radical (unpaired) electrons. The maximum atomic E-state index is 12.3. The standard InChI is InChI=1S/C23H18O5/c1-2-14-11-19-17-9-5-6-10-18(17)23(26)28-21(19)12-20(14)27-13-15-7-3-4-8-16(15)22(24)25/h3-12H,2,13H2,1H3,(H,24,25). The van der Waals surface area contributed by atoms with Crippen LogP contribution in [0.5, 0.6) is 5.75 Å². The summed E-state index contributed by atoms with van der Waals surface area (Å²) >= 11 is 0. The molecule has 0 amide bonds. The molecule has 0 aliphatic carbocycles. The first-order chi connectivity index (χ1) is 13.6. The van der Waals surface area contributed by atoms with Crippen molar-refractivity contribution in [2.24, 2.45) is 0 Å². The zero-order valence-corrected chi connectivity index (χ0v) is 15.3. The molecular weight excluding hydrogens is 356 g/mol. The molecule has 0 aliphatic heterocycles. The Bertz CT molecular complexity index is 1250. The Labute approximate surface area is 160 Å². The van der Waals surface area contributed by atoms with E-state index in [1.165, 1.54) is 0 Å². The molecule has 5 nitrogen and oxygen atoms in total. The van der Waals surface area contributed by atoms with Gasteiger partial charge in [0.1, 0.15) is 17.9 Å². The van der Waals surface area contributed by atoms with Crippen LogP contribution >= 0.6 is 0 Å². The molecule has 3 aromatic carbocycles. The van der Waals surface area contributed by atoms with Crippen molar-refractivity contribution in [1.29, 1.82) is 0 Å². The Morgan fingerprint density at radius 1 is 0.964 bits per heavy atom. The van der Waals surface area contributed by atoms with E-state index in [2.05, 4.69) is 0 Å². The van der Waals surface area contributed by atoms with Crippen LogP contribution < -0.4 is 10.4 Å². The topological polar surface area (TPSA) is 76.7 Å². The van der Waals surface area contributed by atoms with Gasteiger partial charge < -0.3 is 14.3 Å². The Kier molecular flexibility index (Phi) is 4.57. The molecule has 0 atom stereocenters. The number of fused-ring (bicyclic) bond motifs is 3. The SMILES string of the molecule is CCc1cc2c(cc1OCc1ccccc1C(=O)O)oc(=O)c1ccccc12. The lowest BCUT2D eigenvalue weighted by molar-refractivity contribution is 0.0694. The minimum absolute atomic E-state index is 0.110. The fraction of sp³-hybridized carbons (Fsp3) is 0.130. The van der Waals surface area contributed by atoms with Crippen molar-refractivity contribution in [3.63, 3.8) is 0 Å². The van der Waals surface area contributed by atoms with Crippen molar-refractivity contribution < 1.29 is 19.1 Å². The Morgan fingerprint density at radius 3 is 2.43 bits per heavy atom. The van der Waals surface area contributed by atoms with E-state index in [1.54, 1.807) is 36.4 Å². The molecule has 5 heteroatoms. The lowest BCUT2D eigenvalue weighted by Crippen LogP contribution is -2.06. The van der Waals surface area contributed by atoms with Gasteiger partial charge in [-0.05, 0) is 35.6 Å².